The van der Waals surface area contributed by atoms with Gasteiger partial charge >= 0.3 is 0 Å². The predicted molar refractivity (Wildman–Crippen MR) is 32.3 cm³/mol. The van der Waals surface area contributed by atoms with Gasteiger partial charge < -0.3 is 5.11 Å². The van der Waals surface area contributed by atoms with Gasteiger partial charge in [-0.2, -0.15) is 0 Å². The SMILES string of the molecule is [N]=Nc1ccc(O)cc1. The molecule has 0 aromatic heterocycles. The standard InChI is InChI=1S/C6H5N2O/c7-8-5-1-3-6(9)4-2-5/h1-4,9H. The second-order valence-corrected chi connectivity index (χ2v) is 1.62. The smallest absolute Gasteiger partial charge is 0.115 e. The van der Waals surface area contributed by atoms with Crippen molar-refractivity contribution >= 4 is 5.69 Å². The molecule has 9 heavy (non-hydrogen) atoms. The van der Waals surface area contributed by atoms with Crippen molar-refractivity contribution in [3.8, 4) is 5.75 Å². The highest BCUT2D eigenvalue weighted by atomic mass is 16.3. The van der Waals surface area contributed by atoms with Crippen molar-refractivity contribution < 1.29 is 5.11 Å². The first kappa shape index (κ1) is 5.75. The second kappa shape index (κ2) is 2.26. The molecule has 0 aliphatic carbocycles. The summed E-state index contributed by atoms with van der Waals surface area (Å²) in [5.74, 6) is 0.169. The number of benzene rings is 1. The Labute approximate surface area is 52.5 Å². The van der Waals surface area contributed by atoms with Crippen molar-refractivity contribution in [3.05, 3.63) is 24.3 Å². The van der Waals surface area contributed by atoms with Crippen LogP contribution in [0.4, 0.5) is 5.69 Å². The molecule has 3 nitrogen and oxygen atoms in total. The molecule has 0 fully saturated rings. The number of phenols is 1. The van der Waals surface area contributed by atoms with Gasteiger partial charge in [-0.25, -0.2) is 0 Å². The zero-order chi connectivity index (χ0) is 6.69. The molecule has 0 saturated heterocycles. The first-order valence-corrected chi connectivity index (χ1v) is 2.47. The fourth-order valence-electron chi connectivity index (χ4n) is 0.519. The molecule has 0 spiro atoms. The van der Waals surface area contributed by atoms with Crippen LogP contribution in [0.1, 0.15) is 0 Å². The lowest BCUT2D eigenvalue weighted by atomic mass is 10.3. The fraction of sp³-hybridized carbons (Fsp3) is 0. The summed E-state index contributed by atoms with van der Waals surface area (Å²) in [4.78, 5) is 0. The summed E-state index contributed by atoms with van der Waals surface area (Å²) in [6.45, 7) is 0. The first-order valence-electron chi connectivity index (χ1n) is 2.47. The summed E-state index contributed by atoms with van der Waals surface area (Å²) in [7, 11) is 0. The average molecular weight is 121 g/mol. The van der Waals surface area contributed by atoms with E-state index in [9.17, 15) is 0 Å². The van der Waals surface area contributed by atoms with Gasteiger partial charge in [-0.3, -0.25) is 0 Å². The largest absolute Gasteiger partial charge is 0.508 e. The summed E-state index contributed by atoms with van der Waals surface area (Å²) in [6, 6.07) is 5.93. The van der Waals surface area contributed by atoms with E-state index in [0.29, 0.717) is 5.69 Å². The van der Waals surface area contributed by atoms with Crippen LogP contribution in [0.2, 0.25) is 0 Å². The van der Waals surface area contributed by atoms with E-state index in [2.05, 4.69) is 5.11 Å². The maximum atomic E-state index is 8.73. The molecule has 1 rings (SSSR count). The third-order valence-corrected chi connectivity index (χ3v) is 0.965. The topological polar surface area (TPSA) is 54.9 Å². The molecule has 0 amide bonds. The Bertz CT molecular complexity index is 205. The van der Waals surface area contributed by atoms with Gasteiger partial charge in [0.15, 0.2) is 0 Å². The Morgan fingerprint density at radius 3 is 2.22 bits per heavy atom. The molecule has 0 bridgehead atoms. The van der Waals surface area contributed by atoms with Gasteiger partial charge in [-0.15, -0.1) is 5.11 Å². The Balaban J connectivity index is 3.01. The van der Waals surface area contributed by atoms with Crippen LogP contribution in [0, 0.1) is 0 Å². The number of aromatic hydroxyl groups is 1. The minimum Gasteiger partial charge on any atom is -0.508 e. The molecule has 0 aliphatic heterocycles. The Morgan fingerprint density at radius 2 is 1.78 bits per heavy atom. The van der Waals surface area contributed by atoms with Crippen LogP contribution in [-0.2, 0) is 0 Å². The quantitative estimate of drug-likeness (QED) is 0.559. The minimum absolute atomic E-state index is 0.169. The lowest BCUT2D eigenvalue weighted by Gasteiger charge is -1.88. The maximum Gasteiger partial charge on any atom is 0.115 e. The normalized spacial score (nSPS) is 8.89. The van der Waals surface area contributed by atoms with Gasteiger partial charge in [0.1, 0.15) is 5.75 Å². The van der Waals surface area contributed by atoms with Crippen molar-refractivity contribution in [2.24, 2.45) is 5.11 Å². The molecular formula is C6H5N2O. The van der Waals surface area contributed by atoms with Gasteiger partial charge in [-0.1, -0.05) is 0 Å². The van der Waals surface area contributed by atoms with Gasteiger partial charge in [-0.05, 0) is 29.8 Å². The summed E-state index contributed by atoms with van der Waals surface area (Å²) in [5.41, 5.74) is 8.61. The van der Waals surface area contributed by atoms with E-state index < -0.39 is 0 Å². The van der Waals surface area contributed by atoms with E-state index in [-0.39, 0.29) is 5.75 Å². The van der Waals surface area contributed by atoms with Crippen LogP contribution in [0.3, 0.4) is 0 Å². The van der Waals surface area contributed by atoms with Crippen LogP contribution in [0.25, 0.3) is 0 Å². The molecule has 1 radical (unpaired) electrons. The Morgan fingerprint density at radius 1 is 1.22 bits per heavy atom. The van der Waals surface area contributed by atoms with E-state index in [0.717, 1.165) is 0 Å². The van der Waals surface area contributed by atoms with Crippen LogP contribution < -0.4 is 5.53 Å². The van der Waals surface area contributed by atoms with E-state index >= 15 is 0 Å². The van der Waals surface area contributed by atoms with E-state index in [1.54, 1.807) is 0 Å². The van der Waals surface area contributed by atoms with E-state index in [1.807, 2.05) is 0 Å². The lowest BCUT2D eigenvalue weighted by Crippen LogP contribution is -1.62. The number of nitrogens with zero attached hydrogens (tertiary/aromatic N) is 2. The van der Waals surface area contributed by atoms with Crippen molar-refractivity contribution in [2.45, 2.75) is 0 Å². The second-order valence-electron chi connectivity index (χ2n) is 1.62. The molecular weight excluding hydrogens is 116 g/mol. The summed E-state index contributed by atoms with van der Waals surface area (Å²) in [5, 5.41) is 11.6. The third-order valence-electron chi connectivity index (χ3n) is 0.965. The van der Waals surface area contributed by atoms with E-state index in [4.69, 9.17) is 10.6 Å². The molecule has 1 N–H and O–H groups in total. The lowest BCUT2D eigenvalue weighted by molar-refractivity contribution is 0.475. The molecule has 3 heteroatoms. The summed E-state index contributed by atoms with van der Waals surface area (Å²) >= 11 is 0. The Kier molecular flexibility index (Phi) is 1.44. The molecule has 45 valence electrons. The van der Waals surface area contributed by atoms with Crippen molar-refractivity contribution in [3.63, 3.8) is 0 Å². The molecule has 0 unspecified atom stereocenters. The third kappa shape index (κ3) is 1.25. The van der Waals surface area contributed by atoms with Crippen molar-refractivity contribution in [2.75, 3.05) is 0 Å². The van der Waals surface area contributed by atoms with Crippen molar-refractivity contribution in [1.82, 2.24) is 5.53 Å². The zero-order valence-electron chi connectivity index (χ0n) is 4.65. The molecule has 0 atom stereocenters. The number of rotatable bonds is 1. The predicted octanol–water partition coefficient (Wildman–Crippen LogP) is 1.28. The molecule has 1 aromatic carbocycles. The van der Waals surface area contributed by atoms with Crippen LogP contribution in [0.5, 0.6) is 5.75 Å². The first-order chi connectivity index (χ1) is 4.33. The molecule has 0 saturated carbocycles. The summed E-state index contributed by atoms with van der Waals surface area (Å²) in [6.07, 6.45) is 0. The number of phenolic OH excluding ortho intramolecular Hbond substituents is 1. The maximum absolute atomic E-state index is 8.73. The van der Waals surface area contributed by atoms with Gasteiger partial charge in [0.2, 0.25) is 0 Å². The van der Waals surface area contributed by atoms with Gasteiger partial charge in [0.05, 0.1) is 5.69 Å². The zero-order valence-corrected chi connectivity index (χ0v) is 4.65. The summed E-state index contributed by atoms with van der Waals surface area (Å²) < 4.78 is 0. The van der Waals surface area contributed by atoms with Gasteiger partial charge in [0.25, 0.3) is 0 Å². The highest BCUT2D eigenvalue weighted by molar-refractivity contribution is 5.39. The van der Waals surface area contributed by atoms with Crippen molar-refractivity contribution in [1.29, 1.82) is 0 Å². The number of hydrogen-bond acceptors (Lipinski definition) is 2. The number of hydrogen-bond donors (Lipinski definition) is 1. The molecule has 1 aromatic rings. The van der Waals surface area contributed by atoms with E-state index in [1.165, 1.54) is 24.3 Å². The molecule has 0 aliphatic rings. The fourth-order valence-corrected chi connectivity index (χ4v) is 0.519. The highest BCUT2D eigenvalue weighted by Gasteiger charge is 1.86. The van der Waals surface area contributed by atoms with Crippen LogP contribution in [0.15, 0.2) is 29.4 Å². The average Bonchev–Trinajstić information content (AvgIpc) is 1.90. The van der Waals surface area contributed by atoms with Crippen LogP contribution in [-0.4, -0.2) is 5.11 Å². The van der Waals surface area contributed by atoms with Crippen LogP contribution >= 0.6 is 0 Å². The minimum atomic E-state index is 0.169. The molecule has 0 heterocycles. The van der Waals surface area contributed by atoms with Gasteiger partial charge in [0, 0.05) is 0 Å². The highest BCUT2D eigenvalue weighted by Crippen LogP contribution is 2.14. The monoisotopic (exact) mass is 121 g/mol. The Hall–Kier alpha value is -1.38.